The minimum atomic E-state index is -0.744. The number of carbonyl (C=O) groups is 2. The molecular formula is C28H45N3O5. The Kier molecular flexibility index (Phi) is 11.3. The van der Waals surface area contributed by atoms with Crippen molar-refractivity contribution in [3.05, 3.63) is 23.8 Å². The van der Waals surface area contributed by atoms with Gasteiger partial charge in [-0.15, -0.1) is 0 Å². The maximum atomic E-state index is 13.0. The predicted molar refractivity (Wildman–Crippen MR) is 140 cm³/mol. The highest BCUT2D eigenvalue weighted by molar-refractivity contribution is 5.77. The summed E-state index contributed by atoms with van der Waals surface area (Å²) in [6.45, 7) is 9.48. The SMILES string of the molecule is CCCCCCCC(=O)N[C@H](CN1CCCC1)[C@H](OC(=O)[C@H](N)C(C)C)c1ccc2c(c1)OCCO2. The monoisotopic (exact) mass is 503 g/mol. The van der Waals surface area contributed by atoms with Crippen molar-refractivity contribution in [2.45, 2.75) is 90.3 Å². The smallest absolute Gasteiger partial charge is 0.323 e. The summed E-state index contributed by atoms with van der Waals surface area (Å²) in [6.07, 6.45) is 7.44. The van der Waals surface area contributed by atoms with Crippen molar-refractivity contribution in [2.75, 3.05) is 32.8 Å². The summed E-state index contributed by atoms with van der Waals surface area (Å²) in [4.78, 5) is 28.4. The van der Waals surface area contributed by atoms with Crippen LogP contribution in [-0.4, -0.2) is 61.7 Å². The molecule has 8 nitrogen and oxygen atoms in total. The molecule has 1 saturated heterocycles. The summed E-state index contributed by atoms with van der Waals surface area (Å²) in [7, 11) is 0. The highest BCUT2D eigenvalue weighted by Gasteiger charge is 2.33. The van der Waals surface area contributed by atoms with Crippen LogP contribution in [0.5, 0.6) is 11.5 Å². The van der Waals surface area contributed by atoms with Crippen molar-refractivity contribution in [2.24, 2.45) is 11.7 Å². The molecule has 0 aromatic heterocycles. The fraction of sp³-hybridized carbons (Fsp3) is 0.714. The molecule has 36 heavy (non-hydrogen) atoms. The van der Waals surface area contributed by atoms with Gasteiger partial charge in [-0.1, -0.05) is 52.5 Å². The first-order chi connectivity index (χ1) is 17.4. The second-order valence-electron chi connectivity index (χ2n) is 10.4. The number of fused-ring (bicyclic) bond motifs is 1. The Labute approximate surface area is 216 Å². The Hall–Kier alpha value is -2.32. The van der Waals surface area contributed by atoms with E-state index in [1.165, 1.54) is 12.8 Å². The molecule has 8 heteroatoms. The number of benzene rings is 1. The van der Waals surface area contributed by atoms with Crippen LogP contribution in [0.2, 0.25) is 0 Å². The third kappa shape index (κ3) is 8.37. The van der Waals surface area contributed by atoms with Gasteiger partial charge >= 0.3 is 5.97 Å². The van der Waals surface area contributed by atoms with Gasteiger partial charge in [0.25, 0.3) is 0 Å². The van der Waals surface area contributed by atoms with Crippen LogP contribution in [0.25, 0.3) is 0 Å². The first kappa shape index (κ1) is 28.3. The minimum absolute atomic E-state index is 0.0116. The van der Waals surface area contributed by atoms with E-state index in [4.69, 9.17) is 19.9 Å². The molecule has 1 amide bonds. The molecule has 0 aliphatic carbocycles. The molecule has 2 aliphatic heterocycles. The predicted octanol–water partition coefficient (Wildman–Crippen LogP) is 3.97. The first-order valence-corrected chi connectivity index (χ1v) is 13.8. The molecule has 0 unspecified atom stereocenters. The van der Waals surface area contributed by atoms with Crippen molar-refractivity contribution in [3.8, 4) is 11.5 Å². The molecule has 1 aromatic carbocycles. The van der Waals surface area contributed by atoms with E-state index >= 15 is 0 Å². The van der Waals surface area contributed by atoms with Gasteiger partial charge in [-0.3, -0.25) is 9.59 Å². The number of rotatable bonds is 14. The molecule has 0 saturated carbocycles. The summed E-state index contributed by atoms with van der Waals surface area (Å²) in [5.74, 6) is 0.747. The van der Waals surface area contributed by atoms with Gasteiger partial charge in [-0.05, 0) is 56.0 Å². The summed E-state index contributed by atoms with van der Waals surface area (Å²) in [6, 6.07) is 4.44. The summed E-state index contributed by atoms with van der Waals surface area (Å²) in [5, 5.41) is 3.22. The maximum Gasteiger partial charge on any atom is 0.323 e. The second-order valence-corrected chi connectivity index (χ2v) is 10.4. The van der Waals surface area contributed by atoms with Gasteiger partial charge in [0.2, 0.25) is 5.91 Å². The number of hydrogen-bond acceptors (Lipinski definition) is 7. The largest absolute Gasteiger partial charge is 0.486 e. The van der Waals surface area contributed by atoms with Gasteiger partial charge in [0.05, 0.1) is 6.04 Å². The van der Waals surface area contributed by atoms with E-state index in [0.29, 0.717) is 37.7 Å². The Morgan fingerprint density at radius 3 is 2.44 bits per heavy atom. The van der Waals surface area contributed by atoms with Gasteiger partial charge in [-0.2, -0.15) is 0 Å². The average Bonchev–Trinajstić information content (AvgIpc) is 3.39. The van der Waals surface area contributed by atoms with Crippen molar-refractivity contribution < 1.29 is 23.8 Å². The van der Waals surface area contributed by atoms with Crippen LogP contribution in [0.15, 0.2) is 18.2 Å². The normalized spacial score (nSPS) is 18.0. The van der Waals surface area contributed by atoms with E-state index in [1.807, 2.05) is 32.0 Å². The molecule has 2 heterocycles. The zero-order valence-corrected chi connectivity index (χ0v) is 22.3. The van der Waals surface area contributed by atoms with Crippen LogP contribution in [0.3, 0.4) is 0 Å². The zero-order valence-electron chi connectivity index (χ0n) is 22.3. The fourth-order valence-corrected chi connectivity index (χ4v) is 4.72. The summed E-state index contributed by atoms with van der Waals surface area (Å²) < 4.78 is 17.6. The standard InChI is InChI=1S/C28H45N3O5/c1-4-5-6-7-8-11-25(32)30-22(19-31-14-9-10-15-31)27(36-28(33)26(29)20(2)3)21-12-13-23-24(18-21)35-17-16-34-23/h12-13,18,20,22,26-27H,4-11,14-17,19,29H2,1-3H3,(H,30,32)/t22-,26-,27-/m1/s1. The zero-order chi connectivity index (χ0) is 25.9. The van der Waals surface area contributed by atoms with Crippen LogP contribution in [0.4, 0.5) is 0 Å². The molecule has 3 rings (SSSR count). The molecule has 3 atom stereocenters. The second kappa shape index (κ2) is 14.4. The third-order valence-electron chi connectivity index (χ3n) is 7.00. The molecule has 202 valence electrons. The van der Waals surface area contributed by atoms with Crippen LogP contribution in [-0.2, 0) is 14.3 Å². The quantitative estimate of drug-likeness (QED) is 0.292. The van der Waals surface area contributed by atoms with Crippen molar-refractivity contribution in [3.63, 3.8) is 0 Å². The van der Waals surface area contributed by atoms with E-state index in [1.54, 1.807) is 0 Å². The van der Waals surface area contributed by atoms with E-state index in [-0.39, 0.29) is 11.8 Å². The van der Waals surface area contributed by atoms with E-state index in [9.17, 15) is 9.59 Å². The third-order valence-corrected chi connectivity index (χ3v) is 7.00. The minimum Gasteiger partial charge on any atom is -0.486 e. The summed E-state index contributed by atoms with van der Waals surface area (Å²) in [5.41, 5.74) is 6.91. The van der Waals surface area contributed by atoms with Crippen LogP contribution in [0, 0.1) is 5.92 Å². The molecular weight excluding hydrogens is 458 g/mol. The number of nitrogens with two attached hydrogens (primary N) is 1. The number of hydrogen-bond donors (Lipinski definition) is 2. The van der Waals surface area contributed by atoms with Gasteiger partial charge in [0.15, 0.2) is 11.5 Å². The Morgan fingerprint density at radius 2 is 1.75 bits per heavy atom. The van der Waals surface area contributed by atoms with Crippen LogP contribution >= 0.6 is 0 Å². The molecule has 1 aromatic rings. The molecule has 0 spiro atoms. The highest BCUT2D eigenvalue weighted by atomic mass is 16.6. The first-order valence-electron chi connectivity index (χ1n) is 13.8. The number of carbonyl (C=O) groups excluding carboxylic acids is 2. The van der Waals surface area contributed by atoms with Gasteiger partial charge in [0.1, 0.15) is 25.4 Å². The van der Waals surface area contributed by atoms with E-state index in [2.05, 4.69) is 17.1 Å². The number of nitrogens with one attached hydrogen (secondary N) is 1. The highest BCUT2D eigenvalue weighted by Crippen LogP contribution is 2.35. The number of ether oxygens (including phenoxy) is 3. The maximum absolute atomic E-state index is 13.0. The lowest BCUT2D eigenvalue weighted by molar-refractivity contribution is -0.155. The lowest BCUT2D eigenvalue weighted by Crippen LogP contribution is -2.49. The van der Waals surface area contributed by atoms with Gasteiger partial charge in [-0.25, -0.2) is 0 Å². The Balaban J connectivity index is 1.83. The van der Waals surface area contributed by atoms with Crippen LogP contribution < -0.4 is 20.5 Å². The molecule has 2 aliphatic rings. The average molecular weight is 504 g/mol. The number of esters is 1. The molecule has 3 N–H and O–H groups in total. The number of amides is 1. The lowest BCUT2D eigenvalue weighted by Gasteiger charge is -2.33. The molecule has 0 radical (unpaired) electrons. The van der Waals surface area contributed by atoms with Crippen molar-refractivity contribution >= 4 is 11.9 Å². The number of nitrogens with zero attached hydrogens (tertiary/aromatic N) is 1. The van der Waals surface area contributed by atoms with Gasteiger partial charge < -0.3 is 30.2 Å². The Morgan fingerprint density at radius 1 is 1.06 bits per heavy atom. The fourth-order valence-electron chi connectivity index (χ4n) is 4.72. The van der Waals surface area contributed by atoms with E-state index in [0.717, 1.165) is 50.8 Å². The van der Waals surface area contributed by atoms with Crippen molar-refractivity contribution in [1.29, 1.82) is 0 Å². The van der Waals surface area contributed by atoms with Crippen LogP contribution in [0.1, 0.15) is 83.8 Å². The Bertz CT molecular complexity index is 840. The number of likely N-dealkylation sites (tertiary alicyclic amines) is 1. The molecule has 0 bridgehead atoms. The van der Waals surface area contributed by atoms with E-state index < -0.39 is 24.2 Å². The van der Waals surface area contributed by atoms with Gasteiger partial charge in [0, 0.05) is 13.0 Å². The van der Waals surface area contributed by atoms with Crippen molar-refractivity contribution in [1.82, 2.24) is 10.2 Å². The lowest BCUT2D eigenvalue weighted by atomic mass is 9.99. The topological polar surface area (TPSA) is 103 Å². The molecule has 1 fully saturated rings. The number of unbranched alkanes of at least 4 members (excludes halogenated alkanes) is 4. The summed E-state index contributed by atoms with van der Waals surface area (Å²) >= 11 is 0.